The fourth-order valence-electron chi connectivity index (χ4n) is 3.23. The Bertz CT molecular complexity index is 1030. The third-order valence-corrected chi connectivity index (χ3v) is 4.88. The number of benzene rings is 1. The molecule has 2 aromatic rings. The van der Waals surface area contributed by atoms with Crippen molar-refractivity contribution in [3.05, 3.63) is 58.2 Å². The van der Waals surface area contributed by atoms with Crippen LogP contribution in [0.5, 0.6) is 5.75 Å². The van der Waals surface area contributed by atoms with E-state index in [0.717, 1.165) is 25.2 Å². The molecule has 162 valence electrons. The smallest absolute Gasteiger partial charge is 0.416 e. The Kier molecular flexibility index (Phi) is 6.37. The molecule has 1 aliphatic rings. The van der Waals surface area contributed by atoms with Gasteiger partial charge >= 0.3 is 6.18 Å². The van der Waals surface area contributed by atoms with Crippen molar-refractivity contribution in [1.82, 2.24) is 15.2 Å². The Morgan fingerprint density at radius 1 is 1.30 bits per heavy atom. The molecule has 0 amide bonds. The monoisotopic (exact) mass is 423 g/mol. The summed E-state index contributed by atoms with van der Waals surface area (Å²) in [5.74, 6) is -0.278. The highest BCUT2D eigenvalue weighted by Gasteiger charge is 2.31. The number of hydrogen-bond donors (Lipinski definition) is 4. The summed E-state index contributed by atoms with van der Waals surface area (Å²) in [6.45, 7) is 2.73. The summed E-state index contributed by atoms with van der Waals surface area (Å²) in [6.07, 6.45) is -1.62. The zero-order valence-corrected chi connectivity index (χ0v) is 16.4. The molecular formula is C20H24F3N5O2. The number of nitrogens with one attached hydrogen (secondary N) is 1. The molecule has 7 nitrogen and oxygen atoms in total. The van der Waals surface area contributed by atoms with Gasteiger partial charge in [-0.15, -0.1) is 0 Å². The Morgan fingerprint density at radius 3 is 2.73 bits per heavy atom. The Balaban J connectivity index is 1.97. The van der Waals surface area contributed by atoms with Crippen LogP contribution in [-0.4, -0.2) is 54.4 Å². The number of alkyl halides is 3. The molecule has 1 aromatic heterocycles. The number of ether oxygens (including phenoxy) is 1. The molecule has 1 atom stereocenters. The van der Waals surface area contributed by atoms with Gasteiger partial charge in [-0.1, -0.05) is 0 Å². The van der Waals surface area contributed by atoms with Crippen LogP contribution in [0.25, 0.3) is 11.5 Å². The predicted octanol–water partition coefficient (Wildman–Crippen LogP) is -0.134. The van der Waals surface area contributed by atoms with Gasteiger partial charge in [0.25, 0.3) is 0 Å². The van der Waals surface area contributed by atoms with Gasteiger partial charge < -0.3 is 31.5 Å². The highest BCUT2D eigenvalue weighted by Crippen LogP contribution is 2.33. The lowest BCUT2D eigenvalue weighted by Gasteiger charge is -2.30. The van der Waals surface area contributed by atoms with Gasteiger partial charge in [0.05, 0.1) is 24.0 Å². The number of nitrogens with two attached hydrogens (primary N) is 2. The summed E-state index contributed by atoms with van der Waals surface area (Å²) in [7, 11) is 2.01. The molecule has 6 N–H and O–H groups in total. The first-order chi connectivity index (χ1) is 14.2. The van der Waals surface area contributed by atoms with Crippen LogP contribution in [0.3, 0.4) is 0 Å². The second-order valence-corrected chi connectivity index (χ2v) is 7.11. The van der Waals surface area contributed by atoms with Crippen molar-refractivity contribution in [2.45, 2.75) is 12.3 Å². The second-order valence-electron chi connectivity index (χ2n) is 7.11. The van der Waals surface area contributed by atoms with E-state index in [-0.39, 0.29) is 17.4 Å². The zero-order valence-electron chi connectivity index (χ0n) is 16.4. The Morgan fingerprint density at radius 2 is 2.07 bits per heavy atom. The van der Waals surface area contributed by atoms with Gasteiger partial charge in [-0.05, 0) is 31.3 Å². The lowest BCUT2D eigenvalue weighted by molar-refractivity contribution is -0.137. The van der Waals surface area contributed by atoms with Crippen molar-refractivity contribution < 1.29 is 23.0 Å². The second kappa shape index (κ2) is 8.80. The number of phenols is 1. The number of pyridine rings is 1. The molecule has 10 heteroatoms. The van der Waals surface area contributed by atoms with E-state index in [2.05, 4.69) is 15.2 Å². The largest absolute Gasteiger partial charge is 0.507 e. The summed E-state index contributed by atoms with van der Waals surface area (Å²) < 4.78 is 44.3. The molecule has 30 heavy (non-hydrogen) atoms. The molecule has 0 spiro atoms. The number of aromatic hydroxyl groups is 1. The number of morpholine rings is 1. The van der Waals surface area contributed by atoms with E-state index in [4.69, 9.17) is 16.2 Å². The average molecular weight is 423 g/mol. The maximum absolute atomic E-state index is 12.9. The third-order valence-electron chi connectivity index (χ3n) is 4.88. The van der Waals surface area contributed by atoms with Crippen LogP contribution in [0.2, 0.25) is 0 Å². The lowest BCUT2D eigenvalue weighted by Crippen LogP contribution is -2.46. The van der Waals surface area contributed by atoms with Crippen LogP contribution in [0.15, 0.2) is 36.7 Å². The van der Waals surface area contributed by atoms with Crippen molar-refractivity contribution in [3.63, 3.8) is 0 Å². The predicted molar refractivity (Wildman–Crippen MR) is 106 cm³/mol. The zero-order chi connectivity index (χ0) is 21.9. The highest BCUT2D eigenvalue weighted by atomic mass is 19.4. The number of nitrogens with zero attached hydrogens (tertiary/aromatic N) is 2. The van der Waals surface area contributed by atoms with Gasteiger partial charge in [-0.3, -0.25) is 4.98 Å². The van der Waals surface area contributed by atoms with Gasteiger partial charge in [-0.25, -0.2) is 0 Å². The van der Waals surface area contributed by atoms with E-state index in [9.17, 15) is 18.3 Å². The van der Waals surface area contributed by atoms with E-state index in [0.29, 0.717) is 35.5 Å². The van der Waals surface area contributed by atoms with Crippen molar-refractivity contribution in [3.8, 4) is 5.75 Å². The maximum Gasteiger partial charge on any atom is 0.416 e. The summed E-state index contributed by atoms with van der Waals surface area (Å²) in [5, 5.41) is 14.1. The first kappa shape index (κ1) is 21.7. The minimum absolute atomic E-state index is 0.0392. The molecule has 1 aromatic carbocycles. The molecule has 0 bridgehead atoms. The number of hydrogen-bond acceptors (Lipinski definition) is 7. The van der Waals surface area contributed by atoms with E-state index >= 15 is 0 Å². The minimum Gasteiger partial charge on any atom is -0.507 e. The lowest BCUT2D eigenvalue weighted by atomic mass is 10.1. The van der Waals surface area contributed by atoms with Crippen molar-refractivity contribution >= 4 is 11.5 Å². The summed E-state index contributed by atoms with van der Waals surface area (Å²) >= 11 is 0. The van der Waals surface area contributed by atoms with Crippen LogP contribution in [-0.2, 0) is 10.9 Å². The Labute approximate surface area is 171 Å². The average Bonchev–Trinajstić information content (AvgIpc) is 2.71. The highest BCUT2D eigenvalue weighted by molar-refractivity contribution is 5.68. The first-order valence-electron chi connectivity index (χ1n) is 9.31. The molecule has 2 heterocycles. The van der Waals surface area contributed by atoms with Crippen LogP contribution in [0.4, 0.5) is 13.2 Å². The van der Waals surface area contributed by atoms with Crippen LogP contribution < -0.4 is 27.2 Å². The number of rotatable bonds is 4. The van der Waals surface area contributed by atoms with E-state index in [1.54, 1.807) is 6.07 Å². The van der Waals surface area contributed by atoms with Crippen molar-refractivity contribution in [2.75, 3.05) is 33.3 Å². The normalized spacial score (nSPS) is 19.9. The molecule has 1 aliphatic heterocycles. The fraction of sp³-hybridized carbons (Fsp3) is 0.350. The van der Waals surface area contributed by atoms with Crippen molar-refractivity contribution in [2.24, 2.45) is 11.5 Å². The maximum atomic E-state index is 12.9. The number of likely N-dealkylation sites (N-methyl/N-ethyl adjacent to an activating group) is 1. The Hall–Kier alpha value is -2.98. The quantitative estimate of drug-likeness (QED) is 0.542. The van der Waals surface area contributed by atoms with Gasteiger partial charge in [0.15, 0.2) is 0 Å². The van der Waals surface area contributed by atoms with Crippen molar-refractivity contribution in [1.29, 1.82) is 0 Å². The molecule has 0 unspecified atom stereocenters. The van der Waals surface area contributed by atoms with Crippen LogP contribution >= 0.6 is 0 Å². The molecule has 1 saturated heterocycles. The molecule has 0 saturated carbocycles. The van der Waals surface area contributed by atoms with Gasteiger partial charge in [-0.2, -0.15) is 13.2 Å². The number of phenolic OH excluding ortho intramolecular Hbond substituents is 1. The molecule has 1 fully saturated rings. The molecule has 0 radical (unpaired) electrons. The van der Waals surface area contributed by atoms with Crippen LogP contribution in [0.1, 0.15) is 11.1 Å². The van der Waals surface area contributed by atoms with E-state index in [1.807, 2.05) is 7.05 Å². The summed E-state index contributed by atoms with van der Waals surface area (Å²) in [4.78, 5) is 6.21. The van der Waals surface area contributed by atoms with E-state index in [1.165, 1.54) is 12.4 Å². The number of halogens is 3. The number of aromatic nitrogens is 1. The van der Waals surface area contributed by atoms with E-state index < -0.39 is 17.5 Å². The van der Waals surface area contributed by atoms with Gasteiger partial charge in [0, 0.05) is 48.0 Å². The SMILES string of the molecule is CN1CCO[C@@H](CN/C(N)=c2\cncc\c2=C(\N)c2ccc(C(F)(F)F)cc2O)C1. The third kappa shape index (κ3) is 4.95. The standard InChI is InChI=1S/C20H24F3N5O2/c1-28-6-7-30-13(11-28)9-27-19(25)16-10-26-5-4-14(16)18(24)15-3-2-12(8-17(15)29)20(21,22)23/h2-5,8,10,13,27,29H,6-7,9,11,24-25H2,1H3/b18-14-,19-16+/t13-/m0/s1. The molecule has 0 aliphatic carbocycles. The summed E-state index contributed by atoms with van der Waals surface area (Å²) in [5.41, 5.74) is 11.6. The van der Waals surface area contributed by atoms with Gasteiger partial charge in [0.2, 0.25) is 0 Å². The topological polar surface area (TPSA) is 110 Å². The minimum atomic E-state index is -4.57. The summed E-state index contributed by atoms with van der Waals surface area (Å²) in [6, 6.07) is 4.23. The van der Waals surface area contributed by atoms with Gasteiger partial charge in [0.1, 0.15) is 11.6 Å². The fourth-order valence-corrected chi connectivity index (χ4v) is 3.23. The molecule has 3 rings (SSSR count). The van der Waals surface area contributed by atoms with Crippen LogP contribution in [0, 0.1) is 0 Å². The molecular weight excluding hydrogens is 399 g/mol. The first-order valence-corrected chi connectivity index (χ1v) is 9.31.